The lowest BCUT2D eigenvalue weighted by atomic mass is 9.88. The quantitative estimate of drug-likeness (QED) is 0.560. The van der Waals surface area contributed by atoms with Gasteiger partial charge < -0.3 is 0 Å². The Balaban J connectivity index is 1.73. The van der Waals surface area contributed by atoms with Crippen LogP contribution in [0.25, 0.3) is 11.1 Å². The zero-order valence-electron chi connectivity index (χ0n) is 15.1. The zero-order chi connectivity index (χ0) is 17.6. The molecule has 0 aromatic heterocycles. The van der Waals surface area contributed by atoms with Gasteiger partial charge in [-0.2, -0.15) is 0 Å². The van der Waals surface area contributed by atoms with Crippen molar-refractivity contribution in [2.24, 2.45) is 5.92 Å². The van der Waals surface area contributed by atoms with E-state index in [-0.39, 0.29) is 5.82 Å². The highest BCUT2D eigenvalue weighted by Gasteiger charge is 2.11. The van der Waals surface area contributed by atoms with E-state index in [0.717, 1.165) is 41.9 Å². The van der Waals surface area contributed by atoms with E-state index < -0.39 is 0 Å². The number of allylic oxidation sites excluding steroid dienone is 2. The lowest BCUT2D eigenvalue weighted by Crippen LogP contribution is -2.03. The van der Waals surface area contributed by atoms with Gasteiger partial charge in [0.05, 0.1) is 0 Å². The second-order valence-electron chi connectivity index (χ2n) is 6.77. The third-order valence-corrected chi connectivity index (χ3v) is 5.10. The van der Waals surface area contributed by atoms with Gasteiger partial charge >= 0.3 is 0 Å². The van der Waals surface area contributed by atoms with Gasteiger partial charge in [0.2, 0.25) is 0 Å². The van der Waals surface area contributed by atoms with Crippen LogP contribution >= 0.6 is 0 Å². The first-order valence-electron chi connectivity index (χ1n) is 9.29. The molecule has 0 aliphatic heterocycles. The SMILES string of the molecule is CCc1ccc(-c2ccc(C#CC3=CCC(CC)CC3)cc2)c(F)c1. The molecule has 2 aromatic rings. The van der Waals surface area contributed by atoms with Gasteiger partial charge in [-0.05, 0) is 66.5 Å². The Morgan fingerprint density at radius 2 is 1.84 bits per heavy atom. The summed E-state index contributed by atoms with van der Waals surface area (Å²) in [4.78, 5) is 0. The van der Waals surface area contributed by atoms with Crippen LogP contribution in [0.2, 0.25) is 0 Å². The Hall–Kier alpha value is -2.33. The van der Waals surface area contributed by atoms with E-state index in [0.29, 0.717) is 5.56 Å². The number of hydrogen-bond donors (Lipinski definition) is 0. The van der Waals surface area contributed by atoms with Crippen LogP contribution < -0.4 is 0 Å². The van der Waals surface area contributed by atoms with E-state index in [1.165, 1.54) is 18.4 Å². The third-order valence-electron chi connectivity index (χ3n) is 5.10. The van der Waals surface area contributed by atoms with Gasteiger partial charge in [0.25, 0.3) is 0 Å². The molecule has 0 radical (unpaired) electrons. The summed E-state index contributed by atoms with van der Waals surface area (Å²) >= 11 is 0. The van der Waals surface area contributed by atoms with Crippen LogP contribution in [0.15, 0.2) is 54.1 Å². The van der Waals surface area contributed by atoms with Gasteiger partial charge in [0.1, 0.15) is 5.82 Å². The van der Waals surface area contributed by atoms with Crippen LogP contribution in [0.1, 0.15) is 50.7 Å². The predicted molar refractivity (Wildman–Crippen MR) is 104 cm³/mol. The summed E-state index contributed by atoms with van der Waals surface area (Å²) in [6.07, 6.45) is 7.91. The molecule has 3 rings (SSSR count). The lowest BCUT2D eigenvalue weighted by Gasteiger charge is -2.17. The Labute approximate surface area is 150 Å². The molecule has 128 valence electrons. The number of benzene rings is 2. The fourth-order valence-electron chi connectivity index (χ4n) is 3.27. The molecule has 0 heterocycles. The first-order chi connectivity index (χ1) is 12.2. The highest BCUT2D eigenvalue weighted by Crippen LogP contribution is 2.26. The summed E-state index contributed by atoms with van der Waals surface area (Å²) in [5, 5.41) is 0. The Morgan fingerprint density at radius 1 is 1.04 bits per heavy atom. The van der Waals surface area contributed by atoms with E-state index in [1.807, 2.05) is 43.3 Å². The molecule has 0 N–H and O–H groups in total. The van der Waals surface area contributed by atoms with Crippen molar-refractivity contribution in [3.05, 3.63) is 71.1 Å². The minimum absolute atomic E-state index is 0.156. The standard InChI is InChI=1S/C24H25F/c1-3-18-5-7-20(8-6-18)9-10-21-11-14-22(15-12-21)23-16-13-19(4-2)17-24(23)25/h7,11-18H,3-6,8H2,1-2H3. The molecule has 0 nitrogen and oxygen atoms in total. The van der Waals surface area contributed by atoms with E-state index in [4.69, 9.17) is 0 Å². The average Bonchev–Trinajstić information content (AvgIpc) is 2.67. The van der Waals surface area contributed by atoms with Gasteiger partial charge in [0.15, 0.2) is 0 Å². The van der Waals surface area contributed by atoms with Crippen LogP contribution in [0.3, 0.4) is 0 Å². The number of halogens is 1. The molecule has 0 saturated heterocycles. The van der Waals surface area contributed by atoms with Crippen molar-refractivity contribution in [1.29, 1.82) is 0 Å². The van der Waals surface area contributed by atoms with Crippen molar-refractivity contribution in [2.45, 2.75) is 46.0 Å². The molecular formula is C24H25F. The molecule has 0 amide bonds. The zero-order valence-corrected chi connectivity index (χ0v) is 15.1. The average molecular weight is 332 g/mol. The molecule has 1 unspecified atom stereocenters. The second kappa shape index (κ2) is 8.17. The number of aryl methyl sites for hydroxylation is 1. The third kappa shape index (κ3) is 4.40. The van der Waals surface area contributed by atoms with Crippen molar-refractivity contribution in [1.82, 2.24) is 0 Å². The minimum Gasteiger partial charge on any atom is -0.206 e. The maximum absolute atomic E-state index is 14.2. The minimum atomic E-state index is -0.156. The molecular weight excluding hydrogens is 307 g/mol. The van der Waals surface area contributed by atoms with Crippen LogP contribution in [-0.2, 0) is 6.42 Å². The Kier molecular flexibility index (Phi) is 5.71. The number of rotatable bonds is 3. The van der Waals surface area contributed by atoms with Gasteiger partial charge in [-0.3, -0.25) is 0 Å². The van der Waals surface area contributed by atoms with Gasteiger partial charge in [0, 0.05) is 11.1 Å². The molecule has 0 saturated carbocycles. The Bertz CT molecular complexity index is 815. The van der Waals surface area contributed by atoms with E-state index in [9.17, 15) is 4.39 Å². The van der Waals surface area contributed by atoms with Crippen molar-refractivity contribution in [3.63, 3.8) is 0 Å². The van der Waals surface area contributed by atoms with Crippen LogP contribution in [-0.4, -0.2) is 0 Å². The molecule has 1 heteroatoms. The monoisotopic (exact) mass is 332 g/mol. The highest BCUT2D eigenvalue weighted by atomic mass is 19.1. The normalized spacial score (nSPS) is 16.8. The van der Waals surface area contributed by atoms with E-state index >= 15 is 0 Å². The molecule has 1 atom stereocenters. The van der Waals surface area contributed by atoms with Gasteiger partial charge in [-0.15, -0.1) is 0 Å². The summed E-state index contributed by atoms with van der Waals surface area (Å²) in [6, 6.07) is 13.4. The van der Waals surface area contributed by atoms with Crippen LogP contribution in [0.5, 0.6) is 0 Å². The molecule has 1 aliphatic carbocycles. The summed E-state index contributed by atoms with van der Waals surface area (Å²) < 4.78 is 14.2. The van der Waals surface area contributed by atoms with Crippen LogP contribution in [0, 0.1) is 23.6 Å². The Morgan fingerprint density at radius 3 is 2.44 bits per heavy atom. The molecule has 1 aliphatic rings. The van der Waals surface area contributed by atoms with Crippen molar-refractivity contribution >= 4 is 0 Å². The maximum Gasteiger partial charge on any atom is 0.131 e. The van der Waals surface area contributed by atoms with Crippen LogP contribution in [0.4, 0.5) is 4.39 Å². The molecule has 0 bridgehead atoms. The lowest BCUT2D eigenvalue weighted by molar-refractivity contribution is 0.460. The second-order valence-corrected chi connectivity index (χ2v) is 6.77. The summed E-state index contributed by atoms with van der Waals surface area (Å²) in [5.74, 6) is 7.23. The molecule has 25 heavy (non-hydrogen) atoms. The molecule has 2 aromatic carbocycles. The highest BCUT2D eigenvalue weighted by molar-refractivity contribution is 5.65. The topological polar surface area (TPSA) is 0 Å². The first-order valence-corrected chi connectivity index (χ1v) is 9.29. The van der Waals surface area contributed by atoms with Crippen molar-refractivity contribution in [2.75, 3.05) is 0 Å². The van der Waals surface area contributed by atoms with Crippen molar-refractivity contribution in [3.8, 4) is 23.0 Å². The van der Waals surface area contributed by atoms with Crippen molar-refractivity contribution < 1.29 is 4.39 Å². The van der Waals surface area contributed by atoms with Gasteiger partial charge in [-0.25, -0.2) is 4.39 Å². The fraction of sp³-hybridized carbons (Fsp3) is 0.333. The summed E-state index contributed by atoms with van der Waals surface area (Å²) in [5.41, 5.74) is 4.81. The fourth-order valence-corrected chi connectivity index (χ4v) is 3.27. The smallest absolute Gasteiger partial charge is 0.131 e. The van der Waals surface area contributed by atoms with Gasteiger partial charge in [-0.1, -0.05) is 62.5 Å². The summed E-state index contributed by atoms with van der Waals surface area (Å²) in [7, 11) is 0. The number of hydrogen-bond acceptors (Lipinski definition) is 0. The largest absolute Gasteiger partial charge is 0.206 e. The summed E-state index contributed by atoms with van der Waals surface area (Å²) in [6.45, 7) is 4.29. The van der Waals surface area contributed by atoms with E-state index in [2.05, 4.69) is 24.8 Å². The van der Waals surface area contributed by atoms with E-state index in [1.54, 1.807) is 6.07 Å². The maximum atomic E-state index is 14.2. The molecule has 0 spiro atoms. The first kappa shape index (κ1) is 17.5. The predicted octanol–water partition coefficient (Wildman–Crippen LogP) is 6.54. The molecule has 0 fully saturated rings.